The number of halogens is 2. The third kappa shape index (κ3) is 5.59. The topological polar surface area (TPSA) is 67.4 Å². The number of benzene rings is 1. The van der Waals surface area contributed by atoms with Gasteiger partial charge in [0.2, 0.25) is 0 Å². The van der Waals surface area contributed by atoms with Crippen LogP contribution in [-0.2, 0) is 4.79 Å². The molecule has 0 unspecified atom stereocenters. The van der Waals surface area contributed by atoms with Crippen LogP contribution in [0.1, 0.15) is 39.0 Å². The van der Waals surface area contributed by atoms with Crippen LogP contribution in [0.5, 0.6) is 5.75 Å². The van der Waals surface area contributed by atoms with Crippen LogP contribution in [0.4, 0.5) is 4.79 Å². The summed E-state index contributed by atoms with van der Waals surface area (Å²) in [5.74, 6) is -0.233. The van der Waals surface area contributed by atoms with Crippen LogP contribution in [-0.4, -0.2) is 24.1 Å². The molecule has 0 radical (unpaired) electrons. The van der Waals surface area contributed by atoms with E-state index in [0.29, 0.717) is 15.8 Å². The number of imide groups is 1. The van der Waals surface area contributed by atoms with Crippen molar-refractivity contribution >= 4 is 35.1 Å². The first-order chi connectivity index (χ1) is 11.0. The van der Waals surface area contributed by atoms with E-state index < -0.39 is 18.0 Å². The second-order valence-electron chi connectivity index (χ2n) is 5.63. The molecule has 1 aliphatic rings. The molecule has 0 spiro atoms. The molecule has 2 N–H and O–H groups in total. The van der Waals surface area contributed by atoms with Gasteiger partial charge >= 0.3 is 6.03 Å². The molecule has 7 heteroatoms. The largest absolute Gasteiger partial charge is 0.479 e. The Morgan fingerprint density at radius 2 is 1.91 bits per heavy atom. The van der Waals surface area contributed by atoms with Gasteiger partial charge in [-0.25, -0.2) is 4.79 Å². The van der Waals surface area contributed by atoms with E-state index in [2.05, 4.69) is 10.6 Å². The van der Waals surface area contributed by atoms with Crippen LogP contribution < -0.4 is 15.4 Å². The number of rotatable bonds is 4. The van der Waals surface area contributed by atoms with Crippen LogP contribution >= 0.6 is 23.2 Å². The van der Waals surface area contributed by atoms with E-state index in [9.17, 15) is 9.59 Å². The molecular weight excluding hydrogens is 339 g/mol. The summed E-state index contributed by atoms with van der Waals surface area (Å²) in [4.78, 5) is 23.9. The normalized spacial score (nSPS) is 16.5. The molecule has 126 valence electrons. The van der Waals surface area contributed by atoms with E-state index in [-0.39, 0.29) is 6.04 Å². The Balaban J connectivity index is 1.84. The van der Waals surface area contributed by atoms with Gasteiger partial charge in [-0.3, -0.25) is 10.1 Å². The molecule has 0 saturated heterocycles. The molecule has 1 aromatic carbocycles. The Morgan fingerprint density at radius 1 is 1.22 bits per heavy atom. The van der Waals surface area contributed by atoms with Gasteiger partial charge in [0.05, 0.1) is 5.02 Å². The average molecular weight is 359 g/mol. The molecule has 1 aromatic rings. The minimum atomic E-state index is -0.872. The van der Waals surface area contributed by atoms with Gasteiger partial charge in [0.15, 0.2) is 6.10 Å². The molecule has 1 fully saturated rings. The Bertz CT molecular complexity index is 574. The fourth-order valence-electron chi connectivity index (χ4n) is 2.49. The lowest BCUT2D eigenvalue weighted by Crippen LogP contribution is -2.48. The van der Waals surface area contributed by atoms with Crippen molar-refractivity contribution in [3.8, 4) is 5.75 Å². The maximum absolute atomic E-state index is 12.0. The van der Waals surface area contributed by atoms with Gasteiger partial charge in [0.25, 0.3) is 5.91 Å². The maximum Gasteiger partial charge on any atom is 0.321 e. The highest BCUT2D eigenvalue weighted by Gasteiger charge is 2.21. The first-order valence-corrected chi connectivity index (χ1v) is 8.44. The smallest absolute Gasteiger partial charge is 0.321 e. The summed E-state index contributed by atoms with van der Waals surface area (Å²) in [7, 11) is 0. The molecule has 0 heterocycles. The second kappa shape index (κ2) is 8.41. The summed E-state index contributed by atoms with van der Waals surface area (Å²) in [6.07, 6.45) is 4.43. The monoisotopic (exact) mass is 358 g/mol. The summed E-state index contributed by atoms with van der Waals surface area (Å²) < 4.78 is 5.47. The average Bonchev–Trinajstić information content (AvgIpc) is 2.51. The molecule has 0 bridgehead atoms. The molecule has 1 saturated carbocycles. The van der Waals surface area contributed by atoms with Gasteiger partial charge < -0.3 is 10.1 Å². The van der Waals surface area contributed by atoms with E-state index >= 15 is 0 Å². The van der Waals surface area contributed by atoms with Crippen molar-refractivity contribution in [3.05, 3.63) is 28.2 Å². The molecule has 0 aliphatic heterocycles. The number of urea groups is 1. The van der Waals surface area contributed by atoms with Crippen LogP contribution in [0.2, 0.25) is 10.0 Å². The highest BCUT2D eigenvalue weighted by Crippen LogP contribution is 2.28. The lowest BCUT2D eigenvalue weighted by Gasteiger charge is -2.23. The van der Waals surface area contributed by atoms with Crippen molar-refractivity contribution in [2.75, 3.05) is 0 Å². The first-order valence-electron chi connectivity index (χ1n) is 7.69. The van der Waals surface area contributed by atoms with E-state index in [1.54, 1.807) is 19.1 Å². The molecule has 1 aliphatic carbocycles. The quantitative estimate of drug-likeness (QED) is 0.856. The Labute approximate surface area is 145 Å². The van der Waals surface area contributed by atoms with Crippen molar-refractivity contribution in [1.29, 1.82) is 0 Å². The highest BCUT2D eigenvalue weighted by atomic mass is 35.5. The van der Waals surface area contributed by atoms with Gasteiger partial charge in [-0.1, -0.05) is 42.5 Å². The van der Waals surface area contributed by atoms with Crippen LogP contribution in [0, 0.1) is 0 Å². The highest BCUT2D eigenvalue weighted by molar-refractivity contribution is 6.34. The molecule has 0 aromatic heterocycles. The van der Waals surface area contributed by atoms with Gasteiger partial charge in [-0.2, -0.15) is 0 Å². The summed E-state index contributed by atoms with van der Waals surface area (Å²) in [6, 6.07) is 4.37. The zero-order chi connectivity index (χ0) is 16.8. The number of ether oxygens (including phenoxy) is 1. The van der Waals surface area contributed by atoms with Crippen molar-refractivity contribution in [1.82, 2.24) is 10.6 Å². The summed E-state index contributed by atoms with van der Waals surface area (Å²) >= 11 is 11.9. The van der Waals surface area contributed by atoms with Crippen molar-refractivity contribution < 1.29 is 14.3 Å². The molecule has 2 rings (SSSR count). The zero-order valence-electron chi connectivity index (χ0n) is 12.9. The molecule has 3 amide bonds. The summed E-state index contributed by atoms with van der Waals surface area (Å²) in [5, 5.41) is 5.91. The van der Waals surface area contributed by atoms with E-state index in [1.165, 1.54) is 12.5 Å². The summed E-state index contributed by atoms with van der Waals surface area (Å²) in [6.45, 7) is 1.54. The minimum absolute atomic E-state index is 0.134. The van der Waals surface area contributed by atoms with Crippen LogP contribution in [0.25, 0.3) is 0 Å². The van der Waals surface area contributed by atoms with Crippen LogP contribution in [0.15, 0.2) is 18.2 Å². The SMILES string of the molecule is C[C@@H](Oc1cc(Cl)ccc1Cl)C(=O)NC(=O)NC1CCCCC1. The number of carbonyl (C=O) groups excluding carboxylic acids is 2. The van der Waals surface area contributed by atoms with E-state index in [4.69, 9.17) is 27.9 Å². The van der Waals surface area contributed by atoms with Crippen molar-refractivity contribution in [2.45, 2.75) is 51.2 Å². The fourth-order valence-corrected chi connectivity index (χ4v) is 2.82. The van der Waals surface area contributed by atoms with E-state index in [1.807, 2.05) is 0 Å². The number of amides is 3. The van der Waals surface area contributed by atoms with Crippen LogP contribution in [0.3, 0.4) is 0 Å². The Morgan fingerprint density at radius 3 is 2.61 bits per heavy atom. The van der Waals surface area contributed by atoms with Gasteiger partial charge in [-0.05, 0) is 31.9 Å². The van der Waals surface area contributed by atoms with Gasteiger partial charge in [-0.15, -0.1) is 0 Å². The third-order valence-electron chi connectivity index (χ3n) is 3.74. The lowest BCUT2D eigenvalue weighted by molar-refractivity contribution is -0.126. The minimum Gasteiger partial charge on any atom is -0.479 e. The number of hydrogen-bond donors (Lipinski definition) is 2. The number of nitrogens with one attached hydrogen (secondary N) is 2. The lowest BCUT2D eigenvalue weighted by atomic mass is 9.96. The standard InChI is InChI=1S/C16H20Cl2N2O3/c1-10(23-14-9-11(17)7-8-13(14)18)15(21)20-16(22)19-12-5-3-2-4-6-12/h7-10,12H,2-6H2,1H3,(H2,19,20,21,22)/t10-/m1/s1. The van der Waals surface area contributed by atoms with Gasteiger partial charge in [0, 0.05) is 17.1 Å². The fraction of sp³-hybridized carbons (Fsp3) is 0.500. The third-order valence-corrected chi connectivity index (χ3v) is 4.29. The maximum atomic E-state index is 12.0. The van der Waals surface area contributed by atoms with Crippen molar-refractivity contribution in [3.63, 3.8) is 0 Å². The number of carbonyl (C=O) groups is 2. The first kappa shape index (κ1) is 17.9. The molecular formula is C16H20Cl2N2O3. The predicted molar refractivity (Wildman–Crippen MR) is 90.1 cm³/mol. The molecule has 5 nitrogen and oxygen atoms in total. The molecule has 1 atom stereocenters. The predicted octanol–water partition coefficient (Wildman–Crippen LogP) is 3.92. The Kier molecular flexibility index (Phi) is 6.54. The second-order valence-corrected chi connectivity index (χ2v) is 6.48. The molecule has 23 heavy (non-hydrogen) atoms. The zero-order valence-corrected chi connectivity index (χ0v) is 14.4. The van der Waals surface area contributed by atoms with Crippen molar-refractivity contribution in [2.24, 2.45) is 0 Å². The summed E-state index contributed by atoms with van der Waals surface area (Å²) in [5.41, 5.74) is 0. The van der Waals surface area contributed by atoms with Gasteiger partial charge in [0.1, 0.15) is 5.75 Å². The van der Waals surface area contributed by atoms with E-state index in [0.717, 1.165) is 25.7 Å². The number of hydrogen-bond acceptors (Lipinski definition) is 3. The Hall–Kier alpha value is -1.46.